The van der Waals surface area contributed by atoms with Gasteiger partial charge in [0.2, 0.25) is 0 Å². The van der Waals surface area contributed by atoms with Crippen LogP contribution in [0.1, 0.15) is 26.2 Å². The summed E-state index contributed by atoms with van der Waals surface area (Å²) < 4.78 is 28.7. The molecule has 0 aliphatic carbocycles. The van der Waals surface area contributed by atoms with E-state index in [-0.39, 0.29) is 0 Å². The molecule has 0 radical (unpaired) electrons. The molecule has 2 N–H and O–H groups in total. The molecular formula is C13H28N4O2S. The van der Waals surface area contributed by atoms with Crippen molar-refractivity contribution in [3.8, 4) is 0 Å². The average molecular weight is 304 g/mol. The van der Waals surface area contributed by atoms with Crippen molar-refractivity contribution in [3.63, 3.8) is 0 Å². The minimum Gasteiger partial charge on any atom is -0.329 e. The van der Waals surface area contributed by atoms with Gasteiger partial charge in [-0.1, -0.05) is 6.92 Å². The van der Waals surface area contributed by atoms with Gasteiger partial charge in [-0.3, -0.25) is 0 Å². The van der Waals surface area contributed by atoms with Crippen molar-refractivity contribution in [2.75, 3.05) is 52.4 Å². The van der Waals surface area contributed by atoms with Crippen LogP contribution in [-0.2, 0) is 10.2 Å². The zero-order valence-corrected chi connectivity index (χ0v) is 13.3. The number of hydrogen-bond donors (Lipinski definition) is 1. The van der Waals surface area contributed by atoms with Crippen LogP contribution in [0.3, 0.4) is 0 Å². The third-order valence-electron chi connectivity index (χ3n) is 4.39. The highest BCUT2D eigenvalue weighted by molar-refractivity contribution is 7.86. The summed E-state index contributed by atoms with van der Waals surface area (Å²) in [6.07, 6.45) is 2.85. The van der Waals surface area contributed by atoms with Gasteiger partial charge in [0.1, 0.15) is 0 Å². The van der Waals surface area contributed by atoms with Crippen molar-refractivity contribution < 1.29 is 8.42 Å². The molecule has 0 bridgehead atoms. The van der Waals surface area contributed by atoms with Crippen molar-refractivity contribution in [1.82, 2.24) is 13.5 Å². The molecule has 0 spiro atoms. The van der Waals surface area contributed by atoms with Gasteiger partial charge in [-0.2, -0.15) is 17.0 Å². The lowest BCUT2D eigenvalue weighted by Gasteiger charge is -2.33. The zero-order valence-electron chi connectivity index (χ0n) is 12.5. The fraction of sp³-hybridized carbons (Fsp3) is 1.00. The van der Waals surface area contributed by atoms with Crippen molar-refractivity contribution in [3.05, 3.63) is 0 Å². The third-order valence-corrected chi connectivity index (χ3v) is 6.42. The number of nitrogens with zero attached hydrogens (tertiary/aromatic N) is 3. The van der Waals surface area contributed by atoms with Gasteiger partial charge in [0.25, 0.3) is 10.2 Å². The van der Waals surface area contributed by atoms with Crippen LogP contribution in [0.25, 0.3) is 0 Å². The Kier molecular flexibility index (Phi) is 5.80. The Labute approximate surface area is 123 Å². The summed E-state index contributed by atoms with van der Waals surface area (Å²) in [4.78, 5) is 2.26. The molecule has 20 heavy (non-hydrogen) atoms. The van der Waals surface area contributed by atoms with Gasteiger partial charge in [-0.15, -0.1) is 0 Å². The first kappa shape index (κ1) is 16.2. The molecule has 118 valence electrons. The monoisotopic (exact) mass is 304 g/mol. The molecule has 0 aromatic carbocycles. The highest BCUT2D eigenvalue weighted by Gasteiger charge is 2.32. The van der Waals surface area contributed by atoms with Gasteiger partial charge in [-0.25, -0.2) is 0 Å². The van der Waals surface area contributed by atoms with Crippen molar-refractivity contribution in [2.24, 2.45) is 11.7 Å². The number of piperidine rings is 1. The normalized spacial score (nSPS) is 25.7. The summed E-state index contributed by atoms with van der Waals surface area (Å²) in [5.74, 6) is 0.644. The summed E-state index contributed by atoms with van der Waals surface area (Å²) in [7, 11) is -3.26. The highest BCUT2D eigenvalue weighted by Crippen LogP contribution is 2.21. The van der Waals surface area contributed by atoms with Crippen molar-refractivity contribution >= 4 is 10.2 Å². The van der Waals surface area contributed by atoms with E-state index in [4.69, 9.17) is 5.73 Å². The molecule has 2 saturated heterocycles. The van der Waals surface area contributed by atoms with E-state index in [1.807, 2.05) is 0 Å². The largest absolute Gasteiger partial charge is 0.329 e. The van der Waals surface area contributed by atoms with Crippen LogP contribution in [0.15, 0.2) is 0 Å². The summed E-state index contributed by atoms with van der Waals surface area (Å²) in [5, 5.41) is 0. The van der Waals surface area contributed by atoms with E-state index in [2.05, 4.69) is 11.8 Å². The van der Waals surface area contributed by atoms with Crippen LogP contribution in [0.2, 0.25) is 0 Å². The molecule has 2 rings (SSSR count). The fourth-order valence-corrected chi connectivity index (χ4v) is 4.63. The van der Waals surface area contributed by atoms with E-state index in [0.717, 1.165) is 38.9 Å². The molecule has 0 amide bonds. The third kappa shape index (κ3) is 3.92. The Morgan fingerprint density at radius 3 is 2.30 bits per heavy atom. The van der Waals surface area contributed by atoms with Crippen molar-refractivity contribution in [1.29, 1.82) is 0 Å². The predicted molar refractivity (Wildman–Crippen MR) is 80.6 cm³/mol. The molecule has 0 aromatic heterocycles. The smallest absolute Gasteiger partial charge is 0.282 e. The van der Waals surface area contributed by atoms with Gasteiger partial charge in [0, 0.05) is 45.8 Å². The van der Waals surface area contributed by atoms with E-state index in [1.54, 1.807) is 8.61 Å². The standard InChI is InChI=1S/C13H28N4O2S/c1-13-3-8-17(9-4-13)20(18,19)16-7-2-6-15(10-5-14)11-12-16/h13H,2-12,14H2,1H3. The predicted octanol–water partition coefficient (Wildman–Crippen LogP) is -0.0705. The molecule has 0 aromatic rings. The molecule has 0 atom stereocenters. The SMILES string of the molecule is CC1CCN(S(=O)(=O)N2CCCN(CCN)CC2)CC1. The minimum absolute atomic E-state index is 0.592. The van der Waals surface area contributed by atoms with Crippen LogP contribution in [0, 0.1) is 5.92 Å². The van der Waals surface area contributed by atoms with E-state index in [9.17, 15) is 8.42 Å². The summed E-state index contributed by atoms with van der Waals surface area (Å²) in [6, 6.07) is 0. The Morgan fingerprint density at radius 2 is 1.65 bits per heavy atom. The Balaban J connectivity index is 1.95. The summed E-state index contributed by atoms with van der Waals surface area (Å²) in [5.41, 5.74) is 5.58. The maximum atomic E-state index is 12.7. The van der Waals surface area contributed by atoms with Crippen LogP contribution >= 0.6 is 0 Å². The second-order valence-electron chi connectivity index (χ2n) is 5.97. The van der Waals surface area contributed by atoms with Gasteiger partial charge < -0.3 is 10.6 Å². The zero-order chi connectivity index (χ0) is 14.6. The second kappa shape index (κ2) is 7.17. The van der Waals surface area contributed by atoms with E-state index in [1.165, 1.54) is 0 Å². The van der Waals surface area contributed by atoms with Crippen LogP contribution < -0.4 is 5.73 Å². The first-order valence-corrected chi connectivity index (χ1v) is 9.11. The van der Waals surface area contributed by atoms with Gasteiger partial charge in [-0.05, 0) is 31.7 Å². The van der Waals surface area contributed by atoms with Gasteiger partial charge in [0.05, 0.1) is 0 Å². The number of rotatable bonds is 4. The molecular weight excluding hydrogens is 276 g/mol. The Hall–Kier alpha value is -0.210. The first-order chi connectivity index (χ1) is 9.54. The molecule has 2 aliphatic rings. The number of nitrogens with two attached hydrogens (primary N) is 1. The molecule has 2 aliphatic heterocycles. The lowest BCUT2D eigenvalue weighted by atomic mass is 10.0. The molecule has 0 unspecified atom stereocenters. The maximum absolute atomic E-state index is 12.7. The van der Waals surface area contributed by atoms with E-state index in [0.29, 0.717) is 38.6 Å². The molecule has 7 heteroatoms. The lowest BCUT2D eigenvalue weighted by Crippen LogP contribution is -2.48. The minimum atomic E-state index is -3.26. The highest BCUT2D eigenvalue weighted by atomic mass is 32.2. The van der Waals surface area contributed by atoms with Crippen LogP contribution in [0.4, 0.5) is 0 Å². The topological polar surface area (TPSA) is 69.9 Å². The molecule has 2 heterocycles. The molecule has 2 fully saturated rings. The summed E-state index contributed by atoms with van der Waals surface area (Å²) >= 11 is 0. The van der Waals surface area contributed by atoms with E-state index >= 15 is 0 Å². The van der Waals surface area contributed by atoms with E-state index < -0.39 is 10.2 Å². The van der Waals surface area contributed by atoms with Gasteiger partial charge in [0.15, 0.2) is 0 Å². The molecule has 0 saturated carbocycles. The van der Waals surface area contributed by atoms with Gasteiger partial charge >= 0.3 is 0 Å². The Bertz CT molecular complexity index is 393. The Morgan fingerprint density at radius 1 is 1.00 bits per heavy atom. The van der Waals surface area contributed by atoms with Crippen LogP contribution in [-0.4, -0.2) is 74.3 Å². The first-order valence-electron chi connectivity index (χ1n) is 7.71. The van der Waals surface area contributed by atoms with Crippen LogP contribution in [0.5, 0.6) is 0 Å². The van der Waals surface area contributed by atoms with Crippen molar-refractivity contribution in [2.45, 2.75) is 26.2 Å². The summed E-state index contributed by atoms with van der Waals surface area (Å²) in [6.45, 7) is 8.00. The fourth-order valence-electron chi connectivity index (χ4n) is 2.96. The average Bonchev–Trinajstić information content (AvgIpc) is 2.66. The second-order valence-corrected chi connectivity index (χ2v) is 7.90. The maximum Gasteiger partial charge on any atom is 0.282 e. The number of hydrogen-bond acceptors (Lipinski definition) is 4. The lowest BCUT2D eigenvalue weighted by molar-refractivity contribution is 0.261. The molecule has 6 nitrogen and oxygen atoms in total. The quantitative estimate of drug-likeness (QED) is 0.789.